The Morgan fingerprint density at radius 1 is 1.23 bits per heavy atom. The van der Waals surface area contributed by atoms with Crippen LogP contribution in [0.4, 0.5) is 0 Å². The minimum Gasteiger partial charge on any atom is -0.493 e. The number of ether oxygens (including phenoxy) is 2. The Labute approximate surface area is 129 Å². The average Bonchev–Trinajstić information content (AvgIpc) is 2.72. The summed E-state index contributed by atoms with van der Waals surface area (Å²) >= 11 is 0. The second-order valence-electron chi connectivity index (χ2n) is 5.57. The average molecular weight is 306 g/mol. The van der Waals surface area contributed by atoms with E-state index in [1.807, 2.05) is 13.8 Å². The zero-order chi connectivity index (χ0) is 16.5. The maximum absolute atomic E-state index is 11.9. The van der Waals surface area contributed by atoms with Crippen molar-refractivity contribution >= 4 is 0 Å². The highest BCUT2D eigenvalue weighted by Crippen LogP contribution is 2.33. The molecule has 0 saturated heterocycles. The molecule has 1 aromatic heterocycles. The summed E-state index contributed by atoms with van der Waals surface area (Å²) in [6.07, 6.45) is 0. The second-order valence-corrected chi connectivity index (χ2v) is 5.57. The molecule has 0 bridgehead atoms. The van der Waals surface area contributed by atoms with Crippen LogP contribution in [0.2, 0.25) is 0 Å². The lowest BCUT2D eigenvalue weighted by molar-refractivity contribution is 0.0365. The summed E-state index contributed by atoms with van der Waals surface area (Å²) < 4.78 is 12.0. The number of aliphatic hydroxyl groups is 1. The van der Waals surface area contributed by atoms with Gasteiger partial charge in [0, 0.05) is 11.4 Å². The molecular formula is C16H22N2O4. The topological polar surface area (TPSA) is 76.5 Å². The van der Waals surface area contributed by atoms with Crippen molar-refractivity contribution in [3.63, 3.8) is 0 Å². The Morgan fingerprint density at radius 2 is 1.86 bits per heavy atom. The molecule has 0 saturated carbocycles. The molecule has 0 aliphatic rings. The normalized spacial score (nSPS) is 13.7. The standard InChI is InChI=1S/C16H22N2O4/c1-10-11(2)18(15(19)17-10)9-16(3,20)12-6-7-13(21-4)14(8-12)22-5/h6-8,20H,9H2,1-5H3,(H,17,19). The Morgan fingerprint density at radius 3 is 2.36 bits per heavy atom. The van der Waals surface area contributed by atoms with Crippen LogP contribution in [0.25, 0.3) is 0 Å². The van der Waals surface area contributed by atoms with E-state index < -0.39 is 5.60 Å². The number of nitrogens with one attached hydrogen (secondary N) is 1. The van der Waals surface area contributed by atoms with Crippen molar-refractivity contribution in [3.8, 4) is 11.5 Å². The summed E-state index contributed by atoms with van der Waals surface area (Å²) in [5, 5.41) is 10.8. The van der Waals surface area contributed by atoms with Gasteiger partial charge in [0.25, 0.3) is 0 Å². The van der Waals surface area contributed by atoms with Gasteiger partial charge in [-0.25, -0.2) is 4.79 Å². The minimum atomic E-state index is -1.22. The van der Waals surface area contributed by atoms with Gasteiger partial charge in [-0.05, 0) is 38.5 Å². The van der Waals surface area contributed by atoms with Crippen LogP contribution in [-0.4, -0.2) is 28.9 Å². The lowest BCUT2D eigenvalue weighted by atomic mass is 9.95. The summed E-state index contributed by atoms with van der Waals surface area (Å²) in [5.74, 6) is 1.13. The van der Waals surface area contributed by atoms with E-state index in [0.29, 0.717) is 17.1 Å². The van der Waals surface area contributed by atoms with Crippen molar-refractivity contribution < 1.29 is 14.6 Å². The molecule has 2 rings (SSSR count). The molecule has 1 heterocycles. The van der Waals surface area contributed by atoms with Crippen molar-refractivity contribution in [1.29, 1.82) is 0 Å². The highest BCUT2D eigenvalue weighted by atomic mass is 16.5. The highest BCUT2D eigenvalue weighted by Gasteiger charge is 2.27. The van der Waals surface area contributed by atoms with Gasteiger partial charge in [0.05, 0.1) is 20.8 Å². The third-order valence-corrected chi connectivity index (χ3v) is 3.96. The molecule has 0 radical (unpaired) electrons. The van der Waals surface area contributed by atoms with Crippen LogP contribution in [0.3, 0.4) is 0 Å². The van der Waals surface area contributed by atoms with Crippen molar-refractivity contribution in [1.82, 2.24) is 9.55 Å². The zero-order valence-electron chi connectivity index (χ0n) is 13.6. The fourth-order valence-electron chi connectivity index (χ4n) is 2.43. The van der Waals surface area contributed by atoms with E-state index in [4.69, 9.17) is 9.47 Å². The summed E-state index contributed by atoms with van der Waals surface area (Å²) in [7, 11) is 3.10. The van der Waals surface area contributed by atoms with Gasteiger partial charge in [-0.15, -0.1) is 0 Å². The number of H-pyrrole nitrogens is 1. The van der Waals surface area contributed by atoms with Gasteiger partial charge < -0.3 is 19.6 Å². The Balaban J connectivity index is 2.40. The first kappa shape index (κ1) is 16.2. The first-order valence-electron chi connectivity index (χ1n) is 7.01. The summed E-state index contributed by atoms with van der Waals surface area (Å²) in [5.41, 5.74) is 0.813. The third-order valence-electron chi connectivity index (χ3n) is 3.96. The molecule has 0 fully saturated rings. The zero-order valence-corrected chi connectivity index (χ0v) is 13.6. The van der Waals surface area contributed by atoms with Crippen LogP contribution in [0.1, 0.15) is 23.9 Å². The summed E-state index contributed by atoms with van der Waals surface area (Å²) in [4.78, 5) is 14.7. The molecule has 0 aliphatic carbocycles. The van der Waals surface area contributed by atoms with Crippen molar-refractivity contribution in [2.75, 3.05) is 14.2 Å². The minimum absolute atomic E-state index is 0.150. The molecule has 1 unspecified atom stereocenters. The number of benzene rings is 1. The van der Waals surface area contributed by atoms with Gasteiger partial charge in [0.1, 0.15) is 5.60 Å². The lowest BCUT2D eigenvalue weighted by Gasteiger charge is -2.25. The monoisotopic (exact) mass is 306 g/mol. The fraction of sp³-hybridized carbons (Fsp3) is 0.438. The van der Waals surface area contributed by atoms with Gasteiger partial charge in [0.2, 0.25) is 0 Å². The number of rotatable bonds is 5. The number of aromatic nitrogens is 2. The SMILES string of the molecule is COc1ccc(C(C)(O)Cn2c(C)c(C)[nH]c2=O)cc1OC. The van der Waals surface area contributed by atoms with Gasteiger partial charge in [-0.2, -0.15) is 0 Å². The smallest absolute Gasteiger partial charge is 0.326 e. The van der Waals surface area contributed by atoms with Gasteiger partial charge in [0.15, 0.2) is 11.5 Å². The maximum Gasteiger partial charge on any atom is 0.326 e. The first-order chi connectivity index (χ1) is 10.3. The van der Waals surface area contributed by atoms with Crippen LogP contribution in [0, 0.1) is 13.8 Å². The molecule has 2 aromatic rings. The molecule has 120 valence electrons. The Bertz CT molecular complexity index is 728. The number of nitrogens with zero attached hydrogens (tertiary/aromatic N) is 1. The molecule has 0 spiro atoms. The maximum atomic E-state index is 11.9. The van der Waals surface area contributed by atoms with E-state index in [1.165, 1.54) is 4.57 Å². The number of aromatic amines is 1. The fourth-order valence-corrected chi connectivity index (χ4v) is 2.43. The van der Waals surface area contributed by atoms with E-state index in [9.17, 15) is 9.90 Å². The third kappa shape index (κ3) is 2.87. The summed E-state index contributed by atoms with van der Waals surface area (Å²) in [6, 6.07) is 5.22. The summed E-state index contributed by atoms with van der Waals surface area (Å²) in [6.45, 7) is 5.50. The molecule has 1 atom stereocenters. The quantitative estimate of drug-likeness (QED) is 0.882. The van der Waals surface area contributed by atoms with E-state index in [2.05, 4.69) is 4.98 Å². The molecule has 6 heteroatoms. The number of aryl methyl sites for hydroxylation is 1. The predicted molar refractivity (Wildman–Crippen MR) is 83.6 cm³/mol. The van der Waals surface area contributed by atoms with E-state index in [1.54, 1.807) is 39.3 Å². The number of hydrogen-bond donors (Lipinski definition) is 2. The van der Waals surface area contributed by atoms with Gasteiger partial charge in [-0.1, -0.05) is 6.07 Å². The van der Waals surface area contributed by atoms with Crippen LogP contribution >= 0.6 is 0 Å². The number of imidazole rings is 1. The molecule has 0 aliphatic heterocycles. The van der Waals surface area contributed by atoms with Crippen LogP contribution in [0.15, 0.2) is 23.0 Å². The van der Waals surface area contributed by atoms with Crippen molar-refractivity contribution in [2.24, 2.45) is 0 Å². The molecular weight excluding hydrogens is 284 g/mol. The van der Waals surface area contributed by atoms with Crippen LogP contribution < -0.4 is 15.2 Å². The van der Waals surface area contributed by atoms with Crippen molar-refractivity contribution in [2.45, 2.75) is 32.9 Å². The number of hydrogen-bond acceptors (Lipinski definition) is 4. The van der Waals surface area contributed by atoms with Crippen LogP contribution in [-0.2, 0) is 12.1 Å². The van der Waals surface area contributed by atoms with Gasteiger partial charge in [-0.3, -0.25) is 4.57 Å². The Kier molecular flexibility index (Phi) is 4.32. The predicted octanol–water partition coefficient (Wildman–Crippen LogP) is 1.72. The van der Waals surface area contributed by atoms with E-state index in [0.717, 1.165) is 11.4 Å². The number of methoxy groups -OCH3 is 2. The highest BCUT2D eigenvalue weighted by molar-refractivity contribution is 5.44. The Hall–Kier alpha value is -2.21. The largest absolute Gasteiger partial charge is 0.493 e. The molecule has 0 amide bonds. The van der Waals surface area contributed by atoms with E-state index in [-0.39, 0.29) is 12.2 Å². The molecule has 2 N–H and O–H groups in total. The lowest BCUT2D eigenvalue weighted by Crippen LogP contribution is -2.33. The van der Waals surface area contributed by atoms with Gasteiger partial charge >= 0.3 is 5.69 Å². The van der Waals surface area contributed by atoms with Crippen molar-refractivity contribution in [3.05, 3.63) is 45.6 Å². The first-order valence-corrected chi connectivity index (χ1v) is 7.01. The second kappa shape index (κ2) is 5.88. The molecule has 6 nitrogen and oxygen atoms in total. The molecule has 1 aromatic carbocycles. The van der Waals surface area contributed by atoms with Crippen LogP contribution in [0.5, 0.6) is 11.5 Å². The van der Waals surface area contributed by atoms with E-state index >= 15 is 0 Å². The molecule has 22 heavy (non-hydrogen) atoms.